The third-order valence-corrected chi connectivity index (χ3v) is 6.65. The van der Waals surface area contributed by atoms with Gasteiger partial charge in [0.1, 0.15) is 11.2 Å². The van der Waals surface area contributed by atoms with Crippen LogP contribution in [0, 0.1) is 0 Å². The number of piperidine rings is 1. The fourth-order valence-electron chi connectivity index (χ4n) is 4.92. The number of ether oxygens (including phenoxy) is 2. The van der Waals surface area contributed by atoms with Crippen molar-refractivity contribution in [2.75, 3.05) is 30.8 Å². The number of rotatable bonds is 5. The molecule has 10 nitrogen and oxygen atoms in total. The van der Waals surface area contributed by atoms with Crippen molar-refractivity contribution < 1.29 is 32.2 Å². The number of alkyl halides is 3. The van der Waals surface area contributed by atoms with Crippen molar-refractivity contribution in [1.29, 1.82) is 0 Å². The lowest BCUT2D eigenvalue weighted by Gasteiger charge is -2.34. The number of likely N-dealkylation sites (tertiary alicyclic amines) is 1. The molecule has 0 aliphatic carbocycles. The van der Waals surface area contributed by atoms with E-state index in [4.69, 9.17) is 9.47 Å². The fraction of sp³-hybridized carbons (Fsp3) is 0.500. The van der Waals surface area contributed by atoms with E-state index < -0.39 is 29.5 Å². The first-order chi connectivity index (χ1) is 19.2. The Morgan fingerprint density at radius 3 is 2.56 bits per heavy atom. The number of benzene rings is 1. The van der Waals surface area contributed by atoms with Crippen molar-refractivity contribution in [2.45, 2.75) is 71.2 Å². The summed E-state index contributed by atoms with van der Waals surface area (Å²) in [7, 11) is 1.25. The van der Waals surface area contributed by atoms with E-state index in [9.17, 15) is 22.8 Å². The van der Waals surface area contributed by atoms with Gasteiger partial charge in [-0.05, 0) is 45.6 Å². The molecule has 0 radical (unpaired) electrons. The topological polar surface area (TPSA) is 121 Å². The Morgan fingerprint density at radius 1 is 1.20 bits per heavy atom. The average molecular weight is 577 g/mol. The number of hydrogen-bond acceptors (Lipinski definition) is 7. The molecule has 1 atom stereocenters. The van der Waals surface area contributed by atoms with Crippen LogP contribution in [0.4, 0.5) is 34.4 Å². The van der Waals surface area contributed by atoms with Crippen molar-refractivity contribution in [3.63, 3.8) is 0 Å². The summed E-state index contributed by atoms with van der Waals surface area (Å²) in [6, 6.07) is 2.99. The normalized spacial score (nSPS) is 16.1. The standard InChI is InChI=1S/C28H35F3N6O4/c1-15(2)21-20(35-25(38)40-6)10-9-17-18(12-32-23(17)21)22-19(28(29,30)31)13-33-24(36-22)34-16-8-7-11-37(14-16)26(39)41-27(3,4)5/h9-10,12-13,15-16,32H,7-8,11,14H2,1-6H3,(H,35,38)(H,33,34,36)/t16-/m0/s1. The highest BCUT2D eigenvalue weighted by molar-refractivity contribution is 6.01. The second-order valence-corrected chi connectivity index (χ2v) is 11.3. The van der Waals surface area contributed by atoms with Gasteiger partial charge in [0, 0.05) is 53.7 Å². The summed E-state index contributed by atoms with van der Waals surface area (Å²) >= 11 is 0. The number of H-pyrrole nitrogens is 1. The minimum atomic E-state index is -4.71. The molecule has 13 heteroatoms. The first-order valence-electron chi connectivity index (χ1n) is 13.4. The number of fused-ring (bicyclic) bond motifs is 1. The van der Waals surface area contributed by atoms with Crippen molar-refractivity contribution in [3.05, 3.63) is 35.7 Å². The van der Waals surface area contributed by atoms with E-state index in [1.165, 1.54) is 13.3 Å². The number of nitrogens with zero attached hydrogens (tertiary/aromatic N) is 3. The molecule has 2 aromatic heterocycles. The largest absolute Gasteiger partial charge is 0.453 e. The predicted molar refractivity (Wildman–Crippen MR) is 149 cm³/mol. The molecule has 2 amide bonds. The molecule has 1 aliphatic rings. The predicted octanol–water partition coefficient (Wildman–Crippen LogP) is 6.76. The van der Waals surface area contributed by atoms with E-state index in [1.54, 1.807) is 37.8 Å². The van der Waals surface area contributed by atoms with Gasteiger partial charge in [0.15, 0.2) is 0 Å². The maximum absolute atomic E-state index is 14.1. The minimum Gasteiger partial charge on any atom is -0.453 e. The van der Waals surface area contributed by atoms with Crippen LogP contribution in [0.15, 0.2) is 24.5 Å². The van der Waals surface area contributed by atoms with Crippen LogP contribution in [-0.4, -0.2) is 63.9 Å². The van der Waals surface area contributed by atoms with Gasteiger partial charge in [0.25, 0.3) is 0 Å². The van der Waals surface area contributed by atoms with E-state index in [0.717, 1.165) is 6.20 Å². The van der Waals surface area contributed by atoms with E-state index in [0.29, 0.717) is 48.1 Å². The number of nitrogens with one attached hydrogen (secondary N) is 3. The molecule has 0 saturated carbocycles. The zero-order chi connectivity index (χ0) is 30.1. The van der Waals surface area contributed by atoms with Crippen LogP contribution in [0.25, 0.3) is 22.2 Å². The minimum absolute atomic E-state index is 0.0199. The molecule has 3 aromatic rings. The molecule has 0 unspecified atom stereocenters. The second kappa shape index (κ2) is 11.5. The quantitative estimate of drug-likeness (QED) is 0.307. The maximum atomic E-state index is 14.1. The van der Waals surface area contributed by atoms with Crippen molar-refractivity contribution >= 4 is 34.7 Å². The van der Waals surface area contributed by atoms with Crippen molar-refractivity contribution in [3.8, 4) is 11.3 Å². The molecule has 222 valence electrons. The Morgan fingerprint density at radius 2 is 1.93 bits per heavy atom. The number of halogens is 3. The molecule has 3 N–H and O–H groups in total. The van der Waals surface area contributed by atoms with Gasteiger partial charge < -0.3 is 24.7 Å². The number of hydrogen-bond donors (Lipinski definition) is 3. The first kappa shape index (κ1) is 29.9. The highest BCUT2D eigenvalue weighted by atomic mass is 19.4. The first-order valence-corrected chi connectivity index (χ1v) is 13.4. The average Bonchev–Trinajstić information content (AvgIpc) is 3.30. The Kier molecular flexibility index (Phi) is 8.36. The number of methoxy groups -OCH3 is 1. The van der Waals surface area contributed by atoms with Crippen molar-refractivity contribution in [1.82, 2.24) is 19.9 Å². The van der Waals surface area contributed by atoms with Crippen LogP contribution in [0.5, 0.6) is 0 Å². The number of carbonyl (C=O) groups is 2. The molecule has 3 heterocycles. The number of amides is 2. The van der Waals surface area contributed by atoms with Gasteiger partial charge in [0.2, 0.25) is 5.95 Å². The monoisotopic (exact) mass is 576 g/mol. The summed E-state index contributed by atoms with van der Waals surface area (Å²) in [5.74, 6) is -0.0623. The lowest BCUT2D eigenvalue weighted by Crippen LogP contribution is -2.47. The Balaban J connectivity index is 1.70. The molecule has 1 aliphatic heterocycles. The summed E-state index contributed by atoms with van der Waals surface area (Å²) in [6.07, 6.45) is -2.19. The van der Waals surface area contributed by atoms with Gasteiger partial charge in [-0.15, -0.1) is 0 Å². The summed E-state index contributed by atoms with van der Waals surface area (Å²) in [4.78, 5) is 37.4. The summed E-state index contributed by atoms with van der Waals surface area (Å²) in [6.45, 7) is 10.0. The molecule has 0 spiro atoms. The van der Waals surface area contributed by atoms with Gasteiger partial charge in [-0.1, -0.05) is 19.9 Å². The third kappa shape index (κ3) is 6.83. The van der Waals surface area contributed by atoms with Crippen LogP contribution >= 0.6 is 0 Å². The molecule has 0 bridgehead atoms. The smallest absolute Gasteiger partial charge is 0.419 e. The number of aromatic amines is 1. The summed E-state index contributed by atoms with van der Waals surface area (Å²) in [5, 5.41) is 6.28. The second-order valence-electron chi connectivity index (χ2n) is 11.3. The van der Waals surface area contributed by atoms with Gasteiger partial charge in [-0.25, -0.2) is 19.6 Å². The van der Waals surface area contributed by atoms with Crippen molar-refractivity contribution in [2.24, 2.45) is 0 Å². The lowest BCUT2D eigenvalue weighted by molar-refractivity contribution is -0.137. The third-order valence-electron chi connectivity index (χ3n) is 6.65. The lowest BCUT2D eigenvalue weighted by atomic mass is 9.96. The molecular weight excluding hydrogens is 541 g/mol. The molecule has 1 aromatic carbocycles. The van der Waals surface area contributed by atoms with Crippen LogP contribution in [0.1, 0.15) is 64.5 Å². The Labute approximate surface area is 236 Å². The fourth-order valence-corrected chi connectivity index (χ4v) is 4.92. The molecule has 41 heavy (non-hydrogen) atoms. The van der Waals surface area contributed by atoms with E-state index in [2.05, 4.69) is 25.6 Å². The number of anilines is 2. The summed E-state index contributed by atoms with van der Waals surface area (Å²) in [5.41, 5.74) is 0.0996. The van der Waals surface area contributed by atoms with Gasteiger partial charge >= 0.3 is 18.4 Å². The Hall–Kier alpha value is -4.03. The Bertz CT molecular complexity index is 1430. The molecule has 4 rings (SSSR count). The van der Waals surface area contributed by atoms with Gasteiger partial charge in [0.05, 0.1) is 18.3 Å². The maximum Gasteiger partial charge on any atom is 0.419 e. The highest BCUT2D eigenvalue weighted by Crippen LogP contribution is 2.41. The van der Waals surface area contributed by atoms with Gasteiger partial charge in [-0.3, -0.25) is 5.32 Å². The SMILES string of the molecule is COC(=O)Nc1ccc2c(-c3nc(N[C@H]4CCCN(C(=O)OC(C)(C)C)C4)ncc3C(F)(F)F)c[nH]c2c1C(C)C. The van der Waals surface area contributed by atoms with Crippen LogP contribution in [0.3, 0.4) is 0 Å². The summed E-state index contributed by atoms with van der Waals surface area (Å²) < 4.78 is 52.6. The van der Waals surface area contributed by atoms with Crippen LogP contribution in [0.2, 0.25) is 0 Å². The zero-order valence-electron chi connectivity index (χ0n) is 23.9. The van der Waals surface area contributed by atoms with E-state index in [1.807, 2.05) is 13.8 Å². The van der Waals surface area contributed by atoms with Gasteiger partial charge in [-0.2, -0.15) is 13.2 Å². The molecular formula is C28H35F3N6O4. The van der Waals surface area contributed by atoms with Crippen LogP contribution in [-0.2, 0) is 15.7 Å². The van der Waals surface area contributed by atoms with E-state index >= 15 is 0 Å². The van der Waals surface area contributed by atoms with Crippen LogP contribution < -0.4 is 10.6 Å². The molecule has 1 saturated heterocycles. The number of aromatic nitrogens is 3. The molecule has 1 fully saturated rings. The zero-order valence-corrected chi connectivity index (χ0v) is 23.9. The number of carbonyl (C=O) groups excluding carboxylic acids is 2. The van der Waals surface area contributed by atoms with E-state index in [-0.39, 0.29) is 29.2 Å². The highest BCUT2D eigenvalue weighted by Gasteiger charge is 2.37.